The van der Waals surface area contributed by atoms with Crippen LogP contribution in [0.2, 0.25) is 0 Å². The zero-order chi connectivity index (χ0) is 17.5. The first-order valence-corrected chi connectivity index (χ1v) is 9.15. The van der Waals surface area contributed by atoms with Crippen LogP contribution in [-0.4, -0.2) is 35.5 Å². The van der Waals surface area contributed by atoms with E-state index in [9.17, 15) is 15.0 Å². The smallest absolute Gasteiger partial charge is 0.333 e. The molecule has 0 aromatic heterocycles. The fourth-order valence-corrected chi connectivity index (χ4v) is 5.53. The van der Waals surface area contributed by atoms with Crippen molar-refractivity contribution in [2.75, 3.05) is 13.2 Å². The first-order chi connectivity index (χ1) is 11.3. The molecule has 3 rings (SSSR count). The Hall–Kier alpha value is -1.13. The minimum Gasteiger partial charge on any atom is -0.462 e. The Balaban J connectivity index is 1.88. The Kier molecular flexibility index (Phi) is 4.65. The minimum absolute atomic E-state index is 0.00557. The molecule has 5 atom stereocenters. The highest BCUT2D eigenvalue weighted by molar-refractivity contribution is 5.90. The summed E-state index contributed by atoms with van der Waals surface area (Å²) >= 11 is 0. The van der Waals surface area contributed by atoms with Gasteiger partial charge in [-0.15, -0.1) is 0 Å². The zero-order valence-corrected chi connectivity index (χ0v) is 14.9. The van der Waals surface area contributed by atoms with Crippen LogP contribution in [0.5, 0.6) is 0 Å². The summed E-state index contributed by atoms with van der Waals surface area (Å²) in [5.74, 6) is 0.371. The van der Waals surface area contributed by atoms with Crippen molar-refractivity contribution in [2.24, 2.45) is 22.7 Å². The highest BCUT2D eigenvalue weighted by Gasteiger charge is 2.57. The second-order valence-electron chi connectivity index (χ2n) is 8.38. The Morgan fingerprint density at radius 2 is 2.08 bits per heavy atom. The summed E-state index contributed by atoms with van der Waals surface area (Å²) < 4.78 is 5.03. The van der Waals surface area contributed by atoms with Crippen molar-refractivity contribution in [3.8, 4) is 0 Å². The Morgan fingerprint density at radius 3 is 2.71 bits per heavy atom. The monoisotopic (exact) mass is 334 g/mol. The van der Waals surface area contributed by atoms with E-state index in [0.717, 1.165) is 31.3 Å². The molecule has 2 unspecified atom stereocenters. The molecule has 134 valence electrons. The number of esters is 1. The molecule has 4 heteroatoms. The summed E-state index contributed by atoms with van der Waals surface area (Å²) in [6.07, 6.45) is 6.65. The summed E-state index contributed by atoms with van der Waals surface area (Å²) in [6, 6.07) is 0. The van der Waals surface area contributed by atoms with Crippen molar-refractivity contribution in [3.05, 3.63) is 23.8 Å². The summed E-state index contributed by atoms with van der Waals surface area (Å²) in [6.45, 7) is 9.14. The van der Waals surface area contributed by atoms with E-state index >= 15 is 0 Å². The van der Waals surface area contributed by atoms with Gasteiger partial charge < -0.3 is 14.9 Å². The zero-order valence-electron chi connectivity index (χ0n) is 14.9. The van der Waals surface area contributed by atoms with Crippen LogP contribution in [-0.2, 0) is 9.53 Å². The van der Waals surface area contributed by atoms with Crippen LogP contribution in [0.1, 0.15) is 52.4 Å². The van der Waals surface area contributed by atoms with Gasteiger partial charge in [0.05, 0.1) is 19.3 Å². The van der Waals surface area contributed by atoms with Gasteiger partial charge >= 0.3 is 5.97 Å². The second-order valence-corrected chi connectivity index (χ2v) is 8.38. The van der Waals surface area contributed by atoms with Gasteiger partial charge in [0.1, 0.15) is 0 Å². The van der Waals surface area contributed by atoms with Gasteiger partial charge in [0.15, 0.2) is 0 Å². The number of allylic oxidation sites excluding steroid dienone is 2. The van der Waals surface area contributed by atoms with Crippen LogP contribution in [0.15, 0.2) is 23.8 Å². The van der Waals surface area contributed by atoms with E-state index in [1.54, 1.807) is 0 Å². The molecule has 1 saturated heterocycles. The van der Waals surface area contributed by atoms with E-state index in [-0.39, 0.29) is 29.8 Å². The Morgan fingerprint density at radius 1 is 1.33 bits per heavy atom. The van der Waals surface area contributed by atoms with Gasteiger partial charge in [-0.05, 0) is 49.4 Å². The number of aliphatic hydroxyl groups is 2. The van der Waals surface area contributed by atoms with Crippen molar-refractivity contribution >= 4 is 5.97 Å². The number of hydrogen-bond acceptors (Lipinski definition) is 4. The number of carbonyl (C=O) groups is 1. The number of aliphatic hydroxyl groups excluding tert-OH is 2. The second kappa shape index (κ2) is 6.30. The molecular formula is C20H30O4. The third kappa shape index (κ3) is 2.64. The van der Waals surface area contributed by atoms with Gasteiger partial charge in [-0.3, -0.25) is 0 Å². The van der Waals surface area contributed by atoms with Crippen LogP contribution in [0.3, 0.4) is 0 Å². The van der Waals surface area contributed by atoms with Gasteiger partial charge in [-0.2, -0.15) is 0 Å². The van der Waals surface area contributed by atoms with E-state index < -0.39 is 11.5 Å². The normalized spacial score (nSPS) is 44.5. The number of cyclic esters (lactones) is 1. The predicted molar refractivity (Wildman–Crippen MR) is 92.2 cm³/mol. The van der Waals surface area contributed by atoms with Crippen LogP contribution in [0.25, 0.3) is 0 Å². The lowest BCUT2D eigenvalue weighted by Crippen LogP contribution is -2.57. The maximum Gasteiger partial charge on any atom is 0.333 e. The molecule has 3 aliphatic rings. The molecule has 0 spiro atoms. The van der Waals surface area contributed by atoms with E-state index in [4.69, 9.17) is 4.74 Å². The molecule has 3 fully saturated rings. The number of ether oxygens (including phenoxy) is 1. The van der Waals surface area contributed by atoms with Crippen LogP contribution in [0.4, 0.5) is 0 Å². The first-order valence-electron chi connectivity index (χ1n) is 9.15. The Bertz CT molecular complexity index is 566. The van der Waals surface area contributed by atoms with Crippen molar-refractivity contribution in [2.45, 2.75) is 58.5 Å². The molecule has 2 N–H and O–H groups in total. The van der Waals surface area contributed by atoms with Gasteiger partial charge in [-0.1, -0.05) is 32.1 Å². The molecule has 0 bridgehead atoms. The van der Waals surface area contributed by atoms with Crippen LogP contribution < -0.4 is 0 Å². The highest BCUT2D eigenvalue weighted by Crippen LogP contribution is 2.61. The Labute approximate surface area is 144 Å². The fourth-order valence-electron chi connectivity index (χ4n) is 5.53. The maximum atomic E-state index is 11.7. The average molecular weight is 334 g/mol. The third-order valence-electron chi connectivity index (χ3n) is 7.16. The highest BCUT2D eigenvalue weighted by atomic mass is 16.5. The number of hydrogen-bond donors (Lipinski definition) is 2. The summed E-state index contributed by atoms with van der Waals surface area (Å²) in [5, 5.41) is 20.5. The molecule has 1 heterocycles. The average Bonchev–Trinajstić information content (AvgIpc) is 2.96. The third-order valence-corrected chi connectivity index (χ3v) is 7.16. The van der Waals surface area contributed by atoms with Crippen LogP contribution in [0, 0.1) is 22.7 Å². The number of carbonyl (C=O) groups excluding carboxylic acids is 1. The number of rotatable bonds is 3. The minimum atomic E-state index is -0.453. The molecule has 0 aromatic rings. The molecule has 0 radical (unpaired) electrons. The maximum absolute atomic E-state index is 11.7. The molecule has 4 nitrogen and oxygen atoms in total. The van der Waals surface area contributed by atoms with Crippen molar-refractivity contribution in [3.63, 3.8) is 0 Å². The van der Waals surface area contributed by atoms with Crippen molar-refractivity contribution in [1.29, 1.82) is 0 Å². The standard InChI is InChI=1S/C20H30O4/c1-13-4-7-16-19(2,10-8-17(22)20(16,3)12-21)15(13)6-5-14-9-11-24-18(14)23/h5,15-17,21-22H,1,4,6-12H2,2-3H3/b14-5-/t15?,16?,17-,19+,20-/m0/s1. The van der Waals surface area contributed by atoms with Crippen LogP contribution >= 0.6 is 0 Å². The molecular weight excluding hydrogens is 304 g/mol. The van der Waals surface area contributed by atoms with Gasteiger partial charge in [-0.25, -0.2) is 4.79 Å². The molecule has 2 saturated carbocycles. The summed E-state index contributed by atoms with van der Waals surface area (Å²) in [7, 11) is 0. The van der Waals surface area contributed by atoms with E-state index in [2.05, 4.69) is 13.5 Å². The molecule has 0 amide bonds. The molecule has 24 heavy (non-hydrogen) atoms. The van der Waals surface area contributed by atoms with Gasteiger partial charge in [0, 0.05) is 17.4 Å². The van der Waals surface area contributed by atoms with E-state index in [1.807, 2.05) is 13.0 Å². The molecule has 1 aliphatic heterocycles. The van der Waals surface area contributed by atoms with Crippen molar-refractivity contribution < 1.29 is 19.7 Å². The fraction of sp³-hybridized carbons (Fsp3) is 0.750. The first kappa shape index (κ1) is 17.7. The predicted octanol–water partition coefficient (Wildman–Crippen LogP) is 2.99. The summed E-state index contributed by atoms with van der Waals surface area (Å²) in [4.78, 5) is 11.7. The van der Waals surface area contributed by atoms with Crippen molar-refractivity contribution in [1.82, 2.24) is 0 Å². The quantitative estimate of drug-likeness (QED) is 0.473. The summed E-state index contributed by atoms with van der Waals surface area (Å²) in [5.41, 5.74) is 1.58. The lowest BCUT2D eigenvalue weighted by Gasteiger charge is -2.59. The lowest BCUT2D eigenvalue weighted by atomic mass is 9.46. The topological polar surface area (TPSA) is 66.8 Å². The van der Waals surface area contributed by atoms with E-state index in [1.165, 1.54) is 5.57 Å². The largest absolute Gasteiger partial charge is 0.462 e. The lowest BCUT2D eigenvalue weighted by molar-refractivity contribution is -0.151. The molecule has 2 aliphatic carbocycles. The van der Waals surface area contributed by atoms with Gasteiger partial charge in [0.25, 0.3) is 0 Å². The van der Waals surface area contributed by atoms with E-state index in [0.29, 0.717) is 19.4 Å². The number of fused-ring (bicyclic) bond motifs is 1. The van der Waals surface area contributed by atoms with Gasteiger partial charge in [0.2, 0.25) is 0 Å². The molecule has 0 aromatic carbocycles. The SMILES string of the molecule is C=C1CCC2[C@](C)(CC[C@H](O)[C@@]2(C)CO)C1C/C=C1/CCOC1=O.